The van der Waals surface area contributed by atoms with E-state index in [0.29, 0.717) is 12.1 Å². The van der Waals surface area contributed by atoms with Gasteiger partial charge in [0.2, 0.25) is 5.91 Å². The summed E-state index contributed by atoms with van der Waals surface area (Å²) in [6.07, 6.45) is 0.142. The van der Waals surface area contributed by atoms with Crippen LogP contribution in [0, 0.1) is 5.41 Å². The molecule has 1 saturated heterocycles. The highest BCUT2D eigenvalue weighted by atomic mass is 32.2. The highest BCUT2D eigenvalue weighted by Crippen LogP contribution is 2.34. The standard InChI is InChI=1S/C31H38F3N3O2S/c1-30(2,3)29(38)37-17-15-36(16-18-37)22-23-7-10-25(11-8-23)39-19-5-4-6-20-40-28-13-14-35-27-21-24(31(32,33)34)9-12-26(27)28/h7-14,21H,4-6,15-20,22H2,1-3H3. The van der Waals surface area contributed by atoms with Crippen molar-refractivity contribution in [3.8, 4) is 5.75 Å². The van der Waals surface area contributed by atoms with Crippen LogP contribution in [0.4, 0.5) is 13.2 Å². The number of benzene rings is 2. The van der Waals surface area contributed by atoms with Gasteiger partial charge in [-0.25, -0.2) is 0 Å². The number of alkyl halides is 3. The van der Waals surface area contributed by atoms with Crippen LogP contribution in [-0.4, -0.2) is 59.2 Å². The van der Waals surface area contributed by atoms with E-state index < -0.39 is 11.7 Å². The van der Waals surface area contributed by atoms with Crippen molar-refractivity contribution in [3.05, 3.63) is 65.9 Å². The molecule has 1 amide bonds. The summed E-state index contributed by atoms with van der Waals surface area (Å²) < 4.78 is 44.9. The second-order valence-electron chi connectivity index (χ2n) is 11.3. The number of carbonyl (C=O) groups excluding carboxylic acids is 1. The minimum absolute atomic E-state index is 0.223. The molecule has 5 nitrogen and oxygen atoms in total. The van der Waals surface area contributed by atoms with E-state index >= 15 is 0 Å². The summed E-state index contributed by atoms with van der Waals surface area (Å²) in [6.45, 7) is 10.7. The number of halogens is 3. The van der Waals surface area contributed by atoms with Gasteiger partial charge in [-0.1, -0.05) is 39.0 Å². The van der Waals surface area contributed by atoms with E-state index in [1.165, 1.54) is 11.6 Å². The molecule has 3 aromatic rings. The average Bonchev–Trinajstić information content (AvgIpc) is 2.92. The highest BCUT2D eigenvalue weighted by Gasteiger charge is 2.31. The molecule has 0 aliphatic carbocycles. The minimum Gasteiger partial charge on any atom is -0.494 e. The first kappa shape index (κ1) is 30.2. The molecule has 40 heavy (non-hydrogen) atoms. The fourth-order valence-electron chi connectivity index (χ4n) is 4.71. The van der Waals surface area contributed by atoms with Crippen LogP contribution in [0.3, 0.4) is 0 Å². The number of hydrogen-bond acceptors (Lipinski definition) is 5. The molecule has 0 radical (unpaired) electrons. The van der Waals surface area contributed by atoms with Gasteiger partial charge < -0.3 is 9.64 Å². The molecule has 2 heterocycles. The zero-order valence-corrected chi connectivity index (χ0v) is 24.3. The second kappa shape index (κ2) is 13.3. The summed E-state index contributed by atoms with van der Waals surface area (Å²) in [7, 11) is 0. The van der Waals surface area contributed by atoms with Crippen molar-refractivity contribution in [1.82, 2.24) is 14.8 Å². The maximum Gasteiger partial charge on any atom is 0.416 e. The van der Waals surface area contributed by atoms with Crippen molar-refractivity contribution in [2.24, 2.45) is 5.41 Å². The topological polar surface area (TPSA) is 45.7 Å². The molecule has 0 bridgehead atoms. The summed E-state index contributed by atoms with van der Waals surface area (Å²) >= 11 is 1.65. The Balaban J connectivity index is 1.12. The lowest BCUT2D eigenvalue weighted by molar-refractivity contribution is -0.141. The number of fused-ring (bicyclic) bond motifs is 1. The van der Waals surface area contributed by atoms with Crippen molar-refractivity contribution >= 4 is 28.6 Å². The number of pyridine rings is 1. The van der Waals surface area contributed by atoms with Crippen LogP contribution < -0.4 is 4.74 Å². The number of piperazine rings is 1. The molecule has 1 aliphatic heterocycles. The normalized spacial score (nSPS) is 15.0. The molecule has 1 fully saturated rings. The third-order valence-electron chi connectivity index (χ3n) is 6.98. The number of carbonyl (C=O) groups is 1. The lowest BCUT2D eigenvalue weighted by atomic mass is 9.94. The van der Waals surface area contributed by atoms with E-state index in [-0.39, 0.29) is 11.3 Å². The van der Waals surface area contributed by atoms with Gasteiger partial charge in [0.25, 0.3) is 0 Å². The largest absolute Gasteiger partial charge is 0.494 e. The number of amides is 1. The summed E-state index contributed by atoms with van der Waals surface area (Å²) in [4.78, 5) is 21.9. The van der Waals surface area contributed by atoms with Gasteiger partial charge in [0.1, 0.15) is 5.75 Å². The average molecular weight is 574 g/mol. The predicted molar refractivity (Wildman–Crippen MR) is 155 cm³/mol. The Kier molecular flexibility index (Phi) is 10.0. The molecule has 0 spiro atoms. The van der Waals surface area contributed by atoms with Crippen molar-refractivity contribution in [2.75, 3.05) is 38.5 Å². The van der Waals surface area contributed by atoms with E-state index in [1.807, 2.05) is 43.9 Å². The summed E-state index contributed by atoms with van der Waals surface area (Å²) in [5, 5.41) is 0.755. The summed E-state index contributed by atoms with van der Waals surface area (Å²) in [5.74, 6) is 1.97. The minimum atomic E-state index is -4.37. The van der Waals surface area contributed by atoms with Crippen molar-refractivity contribution in [2.45, 2.75) is 57.7 Å². The lowest BCUT2D eigenvalue weighted by Gasteiger charge is -2.37. The third kappa shape index (κ3) is 8.36. The van der Waals surface area contributed by atoms with Gasteiger partial charge in [0, 0.05) is 54.6 Å². The fraction of sp³-hybridized carbons (Fsp3) is 0.484. The van der Waals surface area contributed by atoms with Gasteiger partial charge in [0.05, 0.1) is 17.7 Å². The fourth-order valence-corrected chi connectivity index (χ4v) is 5.76. The van der Waals surface area contributed by atoms with E-state index in [2.05, 4.69) is 22.0 Å². The molecule has 0 saturated carbocycles. The molecule has 216 valence electrons. The SMILES string of the molecule is CC(C)(C)C(=O)N1CCN(Cc2ccc(OCCCCCSc3ccnc4cc(C(F)(F)F)ccc34)cc2)CC1. The summed E-state index contributed by atoms with van der Waals surface area (Å²) in [5.41, 5.74) is 0.600. The lowest BCUT2D eigenvalue weighted by Crippen LogP contribution is -2.51. The van der Waals surface area contributed by atoms with Crippen LogP contribution in [0.15, 0.2) is 59.6 Å². The van der Waals surface area contributed by atoms with Crippen LogP contribution >= 0.6 is 11.8 Å². The van der Waals surface area contributed by atoms with Gasteiger partial charge in [-0.05, 0) is 60.9 Å². The summed E-state index contributed by atoms with van der Waals surface area (Å²) in [6, 6.07) is 13.9. The first-order chi connectivity index (χ1) is 19.0. The Morgan fingerprint density at radius 3 is 2.35 bits per heavy atom. The van der Waals surface area contributed by atoms with E-state index in [1.54, 1.807) is 18.0 Å². The first-order valence-electron chi connectivity index (χ1n) is 13.8. The van der Waals surface area contributed by atoms with Crippen molar-refractivity contribution in [3.63, 3.8) is 0 Å². The highest BCUT2D eigenvalue weighted by molar-refractivity contribution is 7.99. The monoisotopic (exact) mass is 573 g/mol. The number of thioether (sulfide) groups is 1. The van der Waals surface area contributed by atoms with E-state index in [0.717, 1.165) is 85.9 Å². The van der Waals surface area contributed by atoms with Crippen LogP contribution in [-0.2, 0) is 17.5 Å². The Morgan fingerprint density at radius 1 is 0.950 bits per heavy atom. The van der Waals surface area contributed by atoms with Gasteiger partial charge in [0.15, 0.2) is 0 Å². The number of ether oxygens (including phenoxy) is 1. The molecule has 0 unspecified atom stereocenters. The molecule has 1 aliphatic rings. The second-order valence-corrected chi connectivity index (χ2v) is 12.4. The smallest absolute Gasteiger partial charge is 0.416 e. The maximum absolute atomic E-state index is 13.0. The molecular weight excluding hydrogens is 535 g/mol. The maximum atomic E-state index is 13.0. The molecule has 2 aromatic carbocycles. The van der Waals surface area contributed by atoms with Gasteiger partial charge in [-0.2, -0.15) is 13.2 Å². The third-order valence-corrected chi connectivity index (χ3v) is 8.14. The Morgan fingerprint density at radius 2 is 1.68 bits per heavy atom. The van der Waals surface area contributed by atoms with Crippen molar-refractivity contribution in [1.29, 1.82) is 0 Å². The zero-order chi connectivity index (χ0) is 28.8. The van der Waals surface area contributed by atoms with E-state index in [4.69, 9.17) is 4.74 Å². The molecule has 4 rings (SSSR count). The van der Waals surface area contributed by atoms with Gasteiger partial charge in [-0.15, -0.1) is 11.8 Å². The van der Waals surface area contributed by atoms with E-state index in [9.17, 15) is 18.0 Å². The van der Waals surface area contributed by atoms with Crippen LogP contribution in [0.1, 0.15) is 51.2 Å². The number of nitrogens with zero attached hydrogens (tertiary/aromatic N) is 3. The number of unbranched alkanes of at least 4 members (excludes halogenated alkanes) is 2. The molecule has 0 N–H and O–H groups in total. The molecule has 9 heteroatoms. The predicted octanol–water partition coefficient (Wildman–Crippen LogP) is 7.29. The quantitative estimate of drug-likeness (QED) is 0.188. The Labute approximate surface area is 239 Å². The Bertz CT molecular complexity index is 1270. The van der Waals surface area contributed by atoms with Crippen LogP contribution in [0.25, 0.3) is 10.9 Å². The van der Waals surface area contributed by atoms with Crippen LogP contribution in [0.5, 0.6) is 5.75 Å². The Hall–Kier alpha value is -2.78. The number of aromatic nitrogens is 1. The molecule has 1 aromatic heterocycles. The van der Waals surface area contributed by atoms with Gasteiger partial charge >= 0.3 is 6.18 Å². The van der Waals surface area contributed by atoms with Crippen LogP contribution in [0.2, 0.25) is 0 Å². The molecule has 0 atom stereocenters. The van der Waals surface area contributed by atoms with Crippen molar-refractivity contribution < 1.29 is 22.7 Å². The molecular formula is C31H38F3N3O2S. The zero-order valence-electron chi connectivity index (χ0n) is 23.5. The number of rotatable bonds is 10. The van der Waals surface area contributed by atoms with Gasteiger partial charge in [-0.3, -0.25) is 14.7 Å². The first-order valence-corrected chi connectivity index (χ1v) is 14.8. The number of hydrogen-bond donors (Lipinski definition) is 0.